The summed E-state index contributed by atoms with van der Waals surface area (Å²) in [6, 6.07) is 20.4. The van der Waals surface area contributed by atoms with Crippen molar-refractivity contribution in [2.75, 3.05) is 26.9 Å². The van der Waals surface area contributed by atoms with Gasteiger partial charge in [-0.05, 0) is 54.6 Å². The molecule has 34 heavy (non-hydrogen) atoms. The largest absolute Gasteiger partial charge is 0.497 e. The van der Waals surface area contributed by atoms with Gasteiger partial charge in [0.15, 0.2) is 17.6 Å². The SMILES string of the molecule is COc1ccc(OCCNC(=O)c2ccc3nn(CC4COc5ccccc5O4)cc3c2)cc1. The number of hydrogen-bond donors (Lipinski definition) is 1. The number of ether oxygens (including phenoxy) is 4. The van der Waals surface area contributed by atoms with E-state index in [2.05, 4.69) is 10.4 Å². The van der Waals surface area contributed by atoms with E-state index in [1.165, 1.54) is 0 Å². The van der Waals surface area contributed by atoms with Gasteiger partial charge in [0.25, 0.3) is 5.91 Å². The summed E-state index contributed by atoms with van der Waals surface area (Å²) in [6.07, 6.45) is 1.78. The molecule has 0 bridgehead atoms. The van der Waals surface area contributed by atoms with Crippen molar-refractivity contribution < 1.29 is 23.7 Å². The summed E-state index contributed by atoms with van der Waals surface area (Å²) < 4.78 is 24.4. The molecule has 0 radical (unpaired) electrons. The van der Waals surface area contributed by atoms with Crippen LogP contribution in [-0.2, 0) is 6.54 Å². The Labute approximate surface area is 197 Å². The third-order valence-corrected chi connectivity index (χ3v) is 5.49. The van der Waals surface area contributed by atoms with Crippen LogP contribution < -0.4 is 24.3 Å². The first-order chi connectivity index (χ1) is 16.7. The summed E-state index contributed by atoms with van der Waals surface area (Å²) in [5, 5.41) is 8.38. The minimum atomic E-state index is -0.159. The second-order valence-corrected chi connectivity index (χ2v) is 7.90. The Kier molecular flexibility index (Phi) is 6.20. The van der Waals surface area contributed by atoms with E-state index in [0.29, 0.717) is 31.9 Å². The molecule has 8 heteroatoms. The number of carbonyl (C=O) groups excluding carboxylic acids is 1. The van der Waals surface area contributed by atoms with Crippen molar-refractivity contribution in [1.82, 2.24) is 15.1 Å². The van der Waals surface area contributed by atoms with Crippen LogP contribution in [0.5, 0.6) is 23.0 Å². The highest BCUT2D eigenvalue weighted by atomic mass is 16.6. The summed E-state index contributed by atoms with van der Waals surface area (Å²) >= 11 is 0. The van der Waals surface area contributed by atoms with Crippen molar-refractivity contribution in [2.24, 2.45) is 0 Å². The van der Waals surface area contributed by atoms with Gasteiger partial charge in [0, 0.05) is 17.1 Å². The molecule has 1 amide bonds. The number of benzene rings is 3. The third-order valence-electron chi connectivity index (χ3n) is 5.49. The van der Waals surface area contributed by atoms with E-state index < -0.39 is 0 Å². The Morgan fingerprint density at radius 3 is 2.71 bits per heavy atom. The van der Waals surface area contributed by atoms with Gasteiger partial charge in [0.1, 0.15) is 24.7 Å². The molecule has 4 aromatic rings. The zero-order valence-electron chi connectivity index (χ0n) is 18.8. The highest BCUT2D eigenvalue weighted by Crippen LogP contribution is 2.31. The molecule has 1 unspecified atom stereocenters. The van der Waals surface area contributed by atoms with Crippen molar-refractivity contribution in [3.05, 3.63) is 78.5 Å². The molecule has 8 nitrogen and oxygen atoms in total. The maximum atomic E-state index is 12.6. The van der Waals surface area contributed by atoms with Gasteiger partial charge in [0.2, 0.25) is 0 Å². The van der Waals surface area contributed by atoms with E-state index in [1.54, 1.807) is 13.2 Å². The standard InChI is InChI=1S/C26H25N3O5/c1-31-20-7-9-21(10-8-20)32-13-12-27-26(30)18-6-11-23-19(14-18)15-29(28-23)16-22-17-33-24-4-2-3-5-25(24)34-22/h2-11,14-15,22H,12-13,16-17H2,1H3,(H,27,30). The van der Waals surface area contributed by atoms with E-state index in [9.17, 15) is 4.79 Å². The molecule has 0 aliphatic carbocycles. The Bertz CT molecular complexity index is 1290. The van der Waals surface area contributed by atoms with Crippen LogP contribution in [0.3, 0.4) is 0 Å². The molecule has 5 rings (SSSR count). The van der Waals surface area contributed by atoms with Crippen molar-refractivity contribution in [2.45, 2.75) is 12.6 Å². The minimum absolute atomic E-state index is 0.141. The number of aromatic nitrogens is 2. The van der Waals surface area contributed by atoms with Crippen LogP contribution in [0.15, 0.2) is 72.9 Å². The topological polar surface area (TPSA) is 83.8 Å². The quantitative estimate of drug-likeness (QED) is 0.405. The normalized spacial score (nSPS) is 14.6. The highest BCUT2D eigenvalue weighted by molar-refractivity contribution is 5.97. The number of methoxy groups -OCH3 is 1. The Balaban J connectivity index is 1.15. The number of nitrogens with one attached hydrogen (secondary N) is 1. The van der Waals surface area contributed by atoms with Crippen LogP contribution in [0.25, 0.3) is 10.9 Å². The van der Waals surface area contributed by atoms with Gasteiger partial charge >= 0.3 is 0 Å². The molecule has 1 aromatic heterocycles. The van der Waals surface area contributed by atoms with Crippen LogP contribution in [0.4, 0.5) is 0 Å². The molecule has 0 saturated carbocycles. The van der Waals surface area contributed by atoms with Crippen molar-refractivity contribution in [3.63, 3.8) is 0 Å². The minimum Gasteiger partial charge on any atom is -0.497 e. The maximum Gasteiger partial charge on any atom is 0.251 e. The van der Waals surface area contributed by atoms with Gasteiger partial charge in [-0.15, -0.1) is 0 Å². The van der Waals surface area contributed by atoms with Crippen molar-refractivity contribution in [3.8, 4) is 23.0 Å². The lowest BCUT2D eigenvalue weighted by Gasteiger charge is -2.26. The van der Waals surface area contributed by atoms with Crippen molar-refractivity contribution >= 4 is 16.8 Å². The first-order valence-corrected chi connectivity index (χ1v) is 11.1. The van der Waals surface area contributed by atoms with Gasteiger partial charge in [-0.25, -0.2) is 0 Å². The number of nitrogens with zero attached hydrogens (tertiary/aromatic N) is 2. The lowest BCUT2D eigenvalue weighted by molar-refractivity contribution is 0.0760. The number of carbonyl (C=O) groups is 1. The summed E-state index contributed by atoms with van der Waals surface area (Å²) in [5.74, 6) is 2.83. The fourth-order valence-corrected chi connectivity index (χ4v) is 3.78. The lowest BCUT2D eigenvalue weighted by atomic mass is 10.1. The average molecular weight is 460 g/mol. The Morgan fingerprint density at radius 1 is 1.09 bits per heavy atom. The van der Waals surface area contributed by atoms with E-state index in [1.807, 2.05) is 71.5 Å². The summed E-state index contributed by atoms with van der Waals surface area (Å²) in [7, 11) is 1.62. The fraction of sp³-hybridized carbons (Fsp3) is 0.231. The van der Waals surface area contributed by atoms with E-state index in [4.69, 9.17) is 18.9 Å². The van der Waals surface area contributed by atoms with Crippen molar-refractivity contribution in [1.29, 1.82) is 0 Å². The summed E-state index contributed by atoms with van der Waals surface area (Å²) in [4.78, 5) is 12.6. The van der Waals surface area contributed by atoms with Gasteiger partial charge in [0.05, 0.1) is 25.7 Å². The highest BCUT2D eigenvalue weighted by Gasteiger charge is 2.21. The molecular weight excluding hydrogens is 434 g/mol. The molecule has 174 valence electrons. The van der Waals surface area contributed by atoms with Crippen LogP contribution in [0.2, 0.25) is 0 Å². The number of amides is 1. The van der Waals surface area contributed by atoms with Crippen LogP contribution in [0, 0.1) is 0 Å². The van der Waals surface area contributed by atoms with Gasteiger partial charge in [-0.3, -0.25) is 9.48 Å². The number of para-hydroxylation sites is 2. The summed E-state index contributed by atoms with van der Waals surface area (Å²) in [6.45, 7) is 1.76. The monoisotopic (exact) mass is 459 g/mol. The molecule has 1 N–H and O–H groups in total. The molecule has 1 atom stereocenters. The first kappa shape index (κ1) is 21.6. The van der Waals surface area contributed by atoms with Crippen LogP contribution in [0.1, 0.15) is 10.4 Å². The zero-order chi connectivity index (χ0) is 23.3. The summed E-state index contributed by atoms with van der Waals surface area (Å²) in [5.41, 5.74) is 1.39. The predicted octanol–water partition coefficient (Wildman–Crippen LogP) is 3.69. The number of fused-ring (bicyclic) bond motifs is 2. The second-order valence-electron chi connectivity index (χ2n) is 7.90. The van der Waals surface area contributed by atoms with Crippen LogP contribution in [-0.4, -0.2) is 48.7 Å². The lowest BCUT2D eigenvalue weighted by Crippen LogP contribution is -2.33. The first-order valence-electron chi connectivity index (χ1n) is 11.1. The Hall–Kier alpha value is -4.20. The predicted molar refractivity (Wildman–Crippen MR) is 127 cm³/mol. The number of hydrogen-bond acceptors (Lipinski definition) is 6. The molecule has 0 spiro atoms. The molecular formula is C26H25N3O5. The van der Waals surface area contributed by atoms with Crippen LogP contribution >= 0.6 is 0 Å². The second kappa shape index (κ2) is 9.74. The zero-order valence-corrected chi connectivity index (χ0v) is 18.8. The Morgan fingerprint density at radius 2 is 1.88 bits per heavy atom. The smallest absolute Gasteiger partial charge is 0.251 e. The van der Waals surface area contributed by atoms with Gasteiger partial charge in [-0.1, -0.05) is 12.1 Å². The average Bonchev–Trinajstić information content (AvgIpc) is 3.28. The number of rotatable bonds is 8. The fourth-order valence-electron chi connectivity index (χ4n) is 3.78. The van der Waals surface area contributed by atoms with E-state index >= 15 is 0 Å². The molecule has 1 aliphatic rings. The maximum absolute atomic E-state index is 12.6. The van der Waals surface area contributed by atoms with E-state index in [-0.39, 0.29) is 12.0 Å². The molecule has 0 saturated heterocycles. The molecule has 1 aliphatic heterocycles. The third kappa shape index (κ3) is 4.91. The molecule has 3 aromatic carbocycles. The molecule has 0 fully saturated rings. The van der Waals surface area contributed by atoms with Gasteiger partial charge < -0.3 is 24.3 Å². The van der Waals surface area contributed by atoms with E-state index in [0.717, 1.165) is 33.9 Å². The van der Waals surface area contributed by atoms with Gasteiger partial charge in [-0.2, -0.15) is 5.10 Å². The molecule has 2 heterocycles.